The summed E-state index contributed by atoms with van der Waals surface area (Å²) in [7, 11) is 0. The van der Waals surface area contributed by atoms with Crippen LogP contribution in [0, 0.1) is 0 Å². The van der Waals surface area contributed by atoms with Crippen LogP contribution in [0.15, 0.2) is 24.3 Å². The molecule has 0 unspecified atom stereocenters. The first-order valence-corrected chi connectivity index (χ1v) is 7.81. The Balaban J connectivity index is 1.98. The molecule has 18 heavy (non-hydrogen) atoms. The van der Waals surface area contributed by atoms with E-state index in [9.17, 15) is 4.79 Å². The van der Waals surface area contributed by atoms with E-state index in [0.717, 1.165) is 12.2 Å². The van der Waals surface area contributed by atoms with Crippen molar-refractivity contribution in [1.29, 1.82) is 0 Å². The summed E-state index contributed by atoms with van der Waals surface area (Å²) < 4.78 is 0. The van der Waals surface area contributed by atoms with Crippen LogP contribution in [0.25, 0.3) is 0 Å². The van der Waals surface area contributed by atoms with Crippen molar-refractivity contribution in [3.63, 3.8) is 0 Å². The van der Waals surface area contributed by atoms with Gasteiger partial charge in [0.25, 0.3) is 5.91 Å². The Morgan fingerprint density at radius 3 is 3.06 bits per heavy atom. The molecule has 1 fully saturated rings. The third-order valence-corrected chi connectivity index (χ3v) is 4.80. The number of carbonyl (C=O) groups excluding carboxylic acids is 1. The second-order valence-corrected chi connectivity index (χ2v) is 6.47. The Morgan fingerprint density at radius 1 is 1.50 bits per heavy atom. The Labute approximate surface area is 117 Å². The van der Waals surface area contributed by atoms with Gasteiger partial charge < -0.3 is 5.32 Å². The van der Waals surface area contributed by atoms with Gasteiger partial charge in [-0.1, -0.05) is 31.0 Å². The summed E-state index contributed by atoms with van der Waals surface area (Å²) in [5.74, 6) is 1.10. The number of halogens is 1. The topological polar surface area (TPSA) is 29.1 Å². The molecule has 1 aromatic carbocycles. The number of carbonyl (C=O) groups is 1. The lowest BCUT2D eigenvalue weighted by molar-refractivity contribution is 0.0938. The van der Waals surface area contributed by atoms with E-state index < -0.39 is 0 Å². The molecule has 0 radical (unpaired) electrons. The van der Waals surface area contributed by atoms with Gasteiger partial charge in [-0.25, -0.2) is 0 Å². The fraction of sp³-hybridized carbons (Fsp3) is 0.500. The first-order chi connectivity index (χ1) is 8.70. The number of amides is 1. The molecule has 1 N–H and O–H groups in total. The van der Waals surface area contributed by atoms with Crippen LogP contribution in [0.5, 0.6) is 0 Å². The highest BCUT2D eigenvalue weighted by molar-refractivity contribution is 7.99. The fourth-order valence-electron chi connectivity index (χ4n) is 2.39. The maximum Gasteiger partial charge on any atom is 0.251 e. The number of nitrogens with one attached hydrogen (secondary N) is 1. The second-order valence-electron chi connectivity index (χ2n) is 4.51. The first-order valence-electron chi connectivity index (χ1n) is 6.38. The van der Waals surface area contributed by atoms with Gasteiger partial charge >= 0.3 is 0 Å². The number of rotatable bonds is 4. The molecule has 0 heterocycles. The predicted molar refractivity (Wildman–Crippen MR) is 78.5 cm³/mol. The minimum Gasteiger partial charge on any atom is -0.348 e. The third-order valence-electron chi connectivity index (χ3n) is 3.24. The maximum atomic E-state index is 12.1. The van der Waals surface area contributed by atoms with E-state index in [1.807, 2.05) is 17.8 Å². The van der Waals surface area contributed by atoms with Gasteiger partial charge in [0.1, 0.15) is 0 Å². The van der Waals surface area contributed by atoms with Gasteiger partial charge in [0.15, 0.2) is 0 Å². The van der Waals surface area contributed by atoms with Crippen molar-refractivity contribution in [1.82, 2.24) is 5.32 Å². The lowest BCUT2D eigenvalue weighted by atomic mass is 10.2. The molecule has 0 spiro atoms. The van der Waals surface area contributed by atoms with Crippen LogP contribution < -0.4 is 5.32 Å². The summed E-state index contributed by atoms with van der Waals surface area (Å²) in [4.78, 5) is 12.1. The van der Waals surface area contributed by atoms with Crippen molar-refractivity contribution in [3.8, 4) is 0 Å². The lowest BCUT2D eigenvalue weighted by Gasteiger charge is -2.20. The minimum absolute atomic E-state index is 0.00824. The number of hydrogen-bond donors (Lipinski definition) is 1. The molecule has 98 valence electrons. The van der Waals surface area contributed by atoms with Gasteiger partial charge in [-0.05, 0) is 36.8 Å². The quantitative estimate of drug-likeness (QED) is 0.912. The fourth-order valence-corrected chi connectivity index (χ4v) is 3.77. The van der Waals surface area contributed by atoms with E-state index in [4.69, 9.17) is 11.6 Å². The monoisotopic (exact) mass is 283 g/mol. The van der Waals surface area contributed by atoms with E-state index in [1.54, 1.807) is 18.2 Å². The van der Waals surface area contributed by atoms with Crippen molar-refractivity contribution in [2.75, 3.05) is 5.75 Å². The minimum atomic E-state index is -0.00824. The average Bonchev–Trinajstić information content (AvgIpc) is 2.77. The van der Waals surface area contributed by atoms with Gasteiger partial charge in [0, 0.05) is 21.9 Å². The summed E-state index contributed by atoms with van der Waals surface area (Å²) in [6.07, 6.45) is 3.50. The Morgan fingerprint density at radius 2 is 2.33 bits per heavy atom. The van der Waals surface area contributed by atoms with Crippen LogP contribution in [0.4, 0.5) is 0 Å². The molecule has 1 amide bonds. The van der Waals surface area contributed by atoms with Gasteiger partial charge in [0.05, 0.1) is 0 Å². The summed E-state index contributed by atoms with van der Waals surface area (Å²) in [5.41, 5.74) is 0.648. The molecule has 0 aliphatic heterocycles. The molecule has 0 aromatic heterocycles. The van der Waals surface area contributed by atoms with Crippen LogP contribution in [0.3, 0.4) is 0 Å². The molecule has 1 aromatic rings. The molecular weight excluding hydrogens is 266 g/mol. The largest absolute Gasteiger partial charge is 0.348 e. The molecule has 2 nitrogen and oxygen atoms in total. The Kier molecular flexibility index (Phi) is 4.95. The SMILES string of the molecule is CCS[C@H]1CCC[C@H]1NC(=O)c1cccc(Cl)c1. The van der Waals surface area contributed by atoms with Gasteiger partial charge in [-0.3, -0.25) is 4.79 Å². The van der Waals surface area contributed by atoms with E-state index in [1.165, 1.54) is 12.8 Å². The van der Waals surface area contributed by atoms with Crippen LogP contribution >= 0.6 is 23.4 Å². The van der Waals surface area contributed by atoms with E-state index in [-0.39, 0.29) is 5.91 Å². The first kappa shape index (κ1) is 13.8. The van der Waals surface area contributed by atoms with Crippen molar-refractivity contribution < 1.29 is 4.79 Å². The molecule has 0 saturated heterocycles. The summed E-state index contributed by atoms with van der Waals surface area (Å²) in [6.45, 7) is 2.17. The number of thioether (sulfide) groups is 1. The molecule has 1 saturated carbocycles. The molecular formula is C14H18ClNOS. The number of hydrogen-bond acceptors (Lipinski definition) is 2. The molecule has 2 atom stereocenters. The van der Waals surface area contributed by atoms with Crippen molar-refractivity contribution in [2.24, 2.45) is 0 Å². The normalized spacial score (nSPS) is 23.0. The summed E-state index contributed by atoms with van der Waals surface area (Å²) >= 11 is 7.85. The Hall–Kier alpha value is -0.670. The summed E-state index contributed by atoms with van der Waals surface area (Å²) in [5, 5.41) is 4.31. The molecule has 2 rings (SSSR count). The van der Waals surface area contributed by atoms with Crippen LogP contribution in [-0.2, 0) is 0 Å². The zero-order valence-corrected chi connectivity index (χ0v) is 12.1. The van der Waals surface area contributed by atoms with Gasteiger partial charge in [-0.15, -0.1) is 0 Å². The van der Waals surface area contributed by atoms with Crippen LogP contribution in [-0.4, -0.2) is 23.0 Å². The van der Waals surface area contributed by atoms with Crippen LogP contribution in [0.1, 0.15) is 36.5 Å². The van der Waals surface area contributed by atoms with Gasteiger partial charge in [0.2, 0.25) is 0 Å². The lowest BCUT2D eigenvalue weighted by Crippen LogP contribution is -2.38. The van der Waals surface area contributed by atoms with Crippen molar-refractivity contribution in [3.05, 3.63) is 34.9 Å². The van der Waals surface area contributed by atoms with E-state index in [0.29, 0.717) is 21.9 Å². The Bertz CT molecular complexity index is 424. The van der Waals surface area contributed by atoms with Crippen molar-refractivity contribution >= 4 is 29.3 Å². The number of benzene rings is 1. The van der Waals surface area contributed by atoms with Gasteiger partial charge in [-0.2, -0.15) is 11.8 Å². The van der Waals surface area contributed by atoms with E-state index >= 15 is 0 Å². The molecule has 4 heteroatoms. The smallest absolute Gasteiger partial charge is 0.251 e. The predicted octanol–water partition coefficient (Wildman–Crippen LogP) is 3.74. The van der Waals surface area contributed by atoms with E-state index in [2.05, 4.69) is 12.2 Å². The molecule has 0 bridgehead atoms. The average molecular weight is 284 g/mol. The zero-order chi connectivity index (χ0) is 13.0. The standard InChI is InChI=1S/C14H18ClNOS/c1-2-18-13-8-4-7-12(13)16-14(17)10-5-3-6-11(15)9-10/h3,5-6,9,12-13H,2,4,7-8H2,1H3,(H,16,17)/t12-,13+/m1/s1. The van der Waals surface area contributed by atoms with Crippen LogP contribution in [0.2, 0.25) is 5.02 Å². The maximum absolute atomic E-state index is 12.1. The molecule has 1 aliphatic carbocycles. The summed E-state index contributed by atoms with van der Waals surface area (Å²) in [6, 6.07) is 7.42. The highest BCUT2D eigenvalue weighted by Crippen LogP contribution is 2.30. The highest BCUT2D eigenvalue weighted by Gasteiger charge is 2.28. The zero-order valence-electron chi connectivity index (χ0n) is 10.5. The highest BCUT2D eigenvalue weighted by atomic mass is 35.5. The van der Waals surface area contributed by atoms with Crippen molar-refractivity contribution in [2.45, 2.75) is 37.5 Å². The molecule has 1 aliphatic rings. The third kappa shape index (κ3) is 3.42. The second kappa shape index (κ2) is 6.48.